The van der Waals surface area contributed by atoms with Crippen LogP contribution in [0.2, 0.25) is 0 Å². The predicted molar refractivity (Wildman–Crippen MR) is 111 cm³/mol. The highest BCUT2D eigenvalue weighted by atomic mass is 16.5. The van der Waals surface area contributed by atoms with E-state index in [1.165, 1.54) is 63.6 Å². The fraction of sp³-hybridized carbons (Fsp3) is 0.750. The van der Waals surface area contributed by atoms with Crippen LogP contribution in [0.5, 0.6) is 5.75 Å². The molecule has 1 aliphatic heterocycles. The van der Waals surface area contributed by atoms with Gasteiger partial charge in [0.15, 0.2) is 0 Å². The summed E-state index contributed by atoms with van der Waals surface area (Å²) in [5.41, 5.74) is 5.06. The molecule has 1 saturated carbocycles. The van der Waals surface area contributed by atoms with Gasteiger partial charge < -0.3 is 9.47 Å². The predicted octanol–water partition coefficient (Wildman–Crippen LogP) is 4.95. The molecule has 0 bridgehead atoms. The van der Waals surface area contributed by atoms with Gasteiger partial charge in [0.2, 0.25) is 0 Å². The summed E-state index contributed by atoms with van der Waals surface area (Å²) in [6.45, 7) is 9.36. The lowest BCUT2D eigenvalue weighted by atomic mass is 9.50. The molecule has 3 atom stereocenters. The van der Waals surface area contributed by atoms with Crippen molar-refractivity contribution in [1.82, 2.24) is 4.90 Å². The molecule has 1 aromatic rings. The van der Waals surface area contributed by atoms with Crippen molar-refractivity contribution in [3.63, 3.8) is 0 Å². The van der Waals surface area contributed by atoms with Crippen molar-refractivity contribution in [1.29, 1.82) is 0 Å². The molecule has 0 N–H and O–H groups in total. The van der Waals surface area contributed by atoms with Gasteiger partial charge in [0, 0.05) is 19.2 Å². The molecular weight excluding hydrogens is 334 g/mol. The van der Waals surface area contributed by atoms with Crippen LogP contribution in [-0.4, -0.2) is 38.8 Å². The second-order valence-electron chi connectivity index (χ2n) is 9.75. The third kappa shape index (κ3) is 3.31. The standard InChI is InChI=1S/C24H37NO2/c1-23(17-26-3)10-7-11-24(2)20-15-21(27-4)19(16-25-12-5-6-13-25)14-18(20)8-9-22(23)24/h14-15,22H,5-13,16-17H2,1-4H3/t22-,23+,24+/m0/s1. The zero-order chi connectivity index (χ0) is 19.1. The van der Waals surface area contributed by atoms with E-state index in [4.69, 9.17) is 9.47 Å². The molecule has 1 aromatic carbocycles. The average Bonchev–Trinajstić information content (AvgIpc) is 3.14. The lowest BCUT2D eigenvalue weighted by molar-refractivity contribution is -0.0325. The van der Waals surface area contributed by atoms with Gasteiger partial charge >= 0.3 is 0 Å². The van der Waals surface area contributed by atoms with Crippen LogP contribution in [0.3, 0.4) is 0 Å². The van der Waals surface area contributed by atoms with Gasteiger partial charge in [-0.15, -0.1) is 0 Å². The maximum atomic E-state index is 5.89. The summed E-state index contributed by atoms with van der Waals surface area (Å²) < 4.78 is 11.6. The minimum Gasteiger partial charge on any atom is -0.496 e. The Labute approximate surface area is 165 Å². The number of benzene rings is 1. The van der Waals surface area contributed by atoms with Crippen molar-refractivity contribution in [2.45, 2.75) is 70.8 Å². The second kappa shape index (κ2) is 7.40. The van der Waals surface area contributed by atoms with E-state index in [-0.39, 0.29) is 5.41 Å². The smallest absolute Gasteiger partial charge is 0.123 e. The molecule has 3 aliphatic rings. The topological polar surface area (TPSA) is 21.7 Å². The average molecular weight is 372 g/mol. The highest BCUT2D eigenvalue weighted by molar-refractivity contribution is 5.48. The van der Waals surface area contributed by atoms with Crippen LogP contribution >= 0.6 is 0 Å². The third-order valence-corrected chi connectivity index (χ3v) is 7.94. The van der Waals surface area contributed by atoms with Crippen molar-refractivity contribution in [2.75, 3.05) is 33.9 Å². The molecule has 2 fully saturated rings. The van der Waals surface area contributed by atoms with Gasteiger partial charge in [-0.2, -0.15) is 0 Å². The minimum atomic E-state index is 0.249. The minimum absolute atomic E-state index is 0.249. The first kappa shape index (κ1) is 19.3. The third-order valence-electron chi connectivity index (χ3n) is 7.94. The number of methoxy groups -OCH3 is 2. The zero-order valence-corrected chi connectivity index (χ0v) is 17.8. The van der Waals surface area contributed by atoms with E-state index >= 15 is 0 Å². The van der Waals surface area contributed by atoms with E-state index in [1.54, 1.807) is 11.1 Å². The highest BCUT2D eigenvalue weighted by Crippen LogP contribution is 2.57. The number of hydrogen-bond acceptors (Lipinski definition) is 3. The Morgan fingerprint density at radius 2 is 1.85 bits per heavy atom. The van der Waals surface area contributed by atoms with Gasteiger partial charge in [-0.1, -0.05) is 26.3 Å². The molecule has 1 heterocycles. The van der Waals surface area contributed by atoms with Crippen molar-refractivity contribution in [3.05, 3.63) is 28.8 Å². The first-order chi connectivity index (χ1) is 13.0. The van der Waals surface area contributed by atoms with E-state index in [0.717, 1.165) is 18.9 Å². The number of hydrogen-bond donors (Lipinski definition) is 0. The zero-order valence-electron chi connectivity index (χ0n) is 17.8. The van der Waals surface area contributed by atoms with Crippen LogP contribution in [0.4, 0.5) is 0 Å². The number of fused-ring (bicyclic) bond motifs is 3. The molecule has 27 heavy (non-hydrogen) atoms. The summed E-state index contributed by atoms with van der Waals surface area (Å²) in [5, 5.41) is 0. The van der Waals surface area contributed by atoms with Crippen molar-refractivity contribution >= 4 is 0 Å². The number of likely N-dealkylation sites (tertiary alicyclic amines) is 1. The lowest BCUT2D eigenvalue weighted by Crippen LogP contribution is -2.50. The summed E-state index contributed by atoms with van der Waals surface area (Å²) in [4.78, 5) is 2.58. The fourth-order valence-corrected chi connectivity index (χ4v) is 6.68. The molecule has 0 unspecified atom stereocenters. The van der Waals surface area contributed by atoms with Gasteiger partial charge in [0.25, 0.3) is 0 Å². The van der Waals surface area contributed by atoms with Crippen molar-refractivity contribution in [2.24, 2.45) is 11.3 Å². The number of ether oxygens (including phenoxy) is 2. The van der Waals surface area contributed by atoms with E-state index in [9.17, 15) is 0 Å². The van der Waals surface area contributed by atoms with Gasteiger partial charge in [0.1, 0.15) is 5.75 Å². The van der Waals surface area contributed by atoms with Crippen LogP contribution in [0.25, 0.3) is 0 Å². The van der Waals surface area contributed by atoms with Gasteiger partial charge in [-0.3, -0.25) is 4.90 Å². The van der Waals surface area contributed by atoms with Crippen LogP contribution < -0.4 is 4.74 Å². The molecule has 2 aliphatic carbocycles. The van der Waals surface area contributed by atoms with Crippen molar-refractivity contribution < 1.29 is 9.47 Å². The molecule has 3 nitrogen and oxygen atoms in total. The van der Waals surface area contributed by atoms with Crippen molar-refractivity contribution in [3.8, 4) is 5.75 Å². The Kier molecular flexibility index (Phi) is 5.28. The Hall–Kier alpha value is -1.06. The van der Waals surface area contributed by atoms with E-state index in [1.807, 2.05) is 14.2 Å². The van der Waals surface area contributed by atoms with Gasteiger partial charge in [-0.25, -0.2) is 0 Å². The first-order valence-electron chi connectivity index (χ1n) is 10.9. The second-order valence-corrected chi connectivity index (χ2v) is 9.75. The summed E-state index contributed by atoms with van der Waals surface area (Å²) in [7, 11) is 3.70. The maximum Gasteiger partial charge on any atom is 0.123 e. The molecule has 0 radical (unpaired) electrons. The quantitative estimate of drug-likeness (QED) is 0.731. The molecule has 0 amide bonds. The van der Waals surface area contributed by atoms with Crippen LogP contribution in [0, 0.1) is 11.3 Å². The summed E-state index contributed by atoms with van der Waals surface area (Å²) in [6.07, 6.45) is 9.05. The van der Waals surface area contributed by atoms with Crippen LogP contribution in [0.1, 0.15) is 69.1 Å². The van der Waals surface area contributed by atoms with Gasteiger partial charge in [0.05, 0.1) is 13.7 Å². The molecule has 150 valence electrons. The van der Waals surface area contributed by atoms with E-state index < -0.39 is 0 Å². The molecular formula is C24H37NO2. The number of aryl methyl sites for hydroxylation is 1. The Morgan fingerprint density at radius 3 is 2.56 bits per heavy atom. The first-order valence-corrected chi connectivity index (χ1v) is 10.9. The van der Waals surface area contributed by atoms with Crippen LogP contribution in [0.15, 0.2) is 12.1 Å². The molecule has 0 aromatic heterocycles. The fourth-order valence-electron chi connectivity index (χ4n) is 6.68. The molecule has 1 saturated heterocycles. The number of rotatable bonds is 5. The lowest BCUT2D eigenvalue weighted by Gasteiger charge is -2.55. The maximum absolute atomic E-state index is 5.89. The monoisotopic (exact) mass is 371 g/mol. The summed E-state index contributed by atoms with van der Waals surface area (Å²) in [5.74, 6) is 1.79. The van der Waals surface area contributed by atoms with Crippen LogP contribution in [-0.2, 0) is 23.1 Å². The normalized spacial score (nSPS) is 33.6. The largest absolute Gasteiger partial charge is 0.496 e. The highest BCUT2D eigenvalue weighted by Gasteiger charge is 2.51. The Bertz CT molecular complexity index is 677. The summed E-state index contributed by atoms with van der Waals surface area (Å²) in [6, 6.07) is 4.89. The van der Waals surface area contributed by atoms with E-state index in [2.05, 4.69) is 30.9 Å². The Morgan fingerprint density at radius 1 is 1.07 bits per heavy atom. The van der Waals surface area contributed by atoms with E-state index in [0.29, 0.717) is 11.3 Å². The molecule has 3 heteroatoms. The molecule has 0 spiro atoms. The Balaban J connectivity index is 1.70. The SMILES string of the molecule is COC[C@@]1(C)CCC[C@]2(C)c3cc(OC)c(CN4CCCC4)cc3CC[C@@H]12. The van der Waals surface area contributed by atoms with Gasteiger partial charge in [-0.05, 0) is 85.6 Å². The summed E-state index contributed by atoms with van der Waals surface area (Å²) >= 11 is 0. The number of nitrogens with zero attached hydrogens (tertiary/aromatic N) is 1. The molecule has 4 rings (SSSR count).